The van der Waals surface area contributed by atoms with E-state index in [4.69, 9.17) is 0 Å². The number of nitrogens with one attached hydrogen (secondary N) is 2. The Morgan fingerprint density at radius 1 is 1.44 bits per heavy atom. The van der Waals surface area contributed by atoms with Crippen LogP contribution in [-0.4, -0.2) is 50.7 Å². The fraction of sp³-hybridized carbons (Fsp3) is 0.474. The van der Waals surface area contributed by atoms with E-state index < -0.39 is 6.09 Å². The largest absolute Gasteiger partial charge is 0.465 e. The molecule has 1 aliphatic carbocycles. The van der Waals surface area contributed by atoms with Gasteiger partial charge in [0.25, 0.3) is 0 Å². The molecule has 0 aromatic carbocycles. The van der Waals surface area contributed by atoms with Gasteiger partial charge in [-0.3, -0.25) is 0 Å². The lowest BCUT2D eigenvalue weighted by Gasteiger charge is -2.31. The van der Waals surface area contributed by atoms with E-state index in [1.165, 1.54) is 4.90 Å². The molecule has 1 saturated carbocycles. The monoisotopic (exact) mass is 366 g/mol. The minimum absolute atomic E-state index is 0.0310. The van der Waals surface area contributed by atoms with Crippen LogP contribution in [0.2, 0.25) is 0 Å². The van der Waals surface area contributed by atoms with Gasteiger partial charge >= 0.3 is 6.09 Å². The van der Waals surface area contributed by atoms with Crippen molar-refractivity contribution in [2.24, 2.45) is 0 Å². The first-order chi connectivity index (χ1) is 13.0. The number of fused-ring (bicyclic) bond motifs is 1. The van der Waals surface area contributed by atoms with Crippen molar-refractivity contribution in [2.75, 3.05) is 23.7 Å². The van der Waals surface area contributed by atoms with E-state index in [1.54, 1.807) is 12.3 Å². The van der Waals surface area contributed by atoms with Gasteiger partial charge in [-0.2, -0.15) is 5.26 Å². The average Bonchev–Trinajstić information content (AvgIpc) is 3.39. The Morgan fingerprint density at radius 2 is 2.26 bits per heavy atom. The minimum Gasteiger partial charge on any atom is -0.465 e. The second kappa shape index (κ2) is 6.58. The van der Waals surface area contributed by atoms with Crippen molar-refractivity contribution < 1.29 is 9.90 Å². The number of carboxylic acid groups (broad SMARTS) is 1. The minimum atomic E-state index is -0.884. The zero-order valence-electron chi connectivity index (χ0n) is 15.2. The molecule has 1 atom stereocenters. The fourth-order valence-electron chi connectivity index (χ4n) is 3.45. The van der Waals surface area contributed by atoms with Gasteiger partial charge in [-0.25, -0.2) is 14.8 Å². The average molecular weight is 366 g/mol. The van der Waals surface area contributed by atoms with Crippen molar-refractivity contribution in [2.45, 2.75) is 44.2 Å². The van der Waals surface area contributed by atoms with Gasteiger partial charge in [0.15, 0.2) is 0 Å². The van der Waals surface area contributed by atoms with Crippen LogP contribution in [-0.2, 0) is 0 Å². The lowest BCUT2D eigenvalue weighted by Crippen LogP contribution is -2.44. The summed E-state index contributed by atoms with van der Waals surface area (Å²) < 4.78 is 0. The molecule has 8 nitrogen and oxygen atoms in total. The van der Waals surface area contributed by atoms with Crippen molar-refractivity contribution in [3.8, 4) is 6.07 Å². The van der Waals surface area contributed by atoms with Crippen LogP contribution in [0, 0.1) is 11.3 Å². The molecule has 2 fully saturated rings. The number of nitriles is 1. The van der Waals surface area contributed by atoms with Gasteiger partial charge < -0.3 is 20.6 Å². The maximum atomic E-state index is 11.2. The molecule has 0 radical (unpaired) electrons. The molecule has 3 N–H and O–H groups in total. The zero-order chi connectivity index (χ0) is 19.0. The number of aromatic nitrogens is 2. The molecule has 1 amide bonds. The Hall–Kier alpha value is -3.08. The topological polar surface area (TPSA) is 114 Å². The Labute approximate surface area is 157 Å². The van der Waals surface area contributed by atoms with Crippen molar-refractivity contribution in [3.63, 3.8) is 0 Å². The van der Waals surface area contributed by atoms with E-state index in [-0.39, 0.29) is 11.6 Å². The van der Waals surface area contributed by atoms with E-state index in [1.807, 2.05) is 6.07 Å². The van der Waals surface area contributed by atoms with E-state index in [0.717, 1.165) is 36.5 Å². The molecular weight excluding hydrogens is 344 g/mol. The predicted molar refractivity (Wildman–Crippen MR) is 102 cm³/mol. The van der Waals surface area contributed by atoms with E-state index in [0.29, 0.717) is 30.4 Å². The fourth-order valence-corrected chi connectivity index (χ4v) is 3.45. The summed E-state index contributed by atoms with van der Waals surface area (Å²) in [7, 11) is 0. The van der Waals surface area contributed by atoms with E-state index >= 15 is 0 Å². The van der Waals surface area contributed by atoms with E-state index in [2.05, 4.69) is 33.6 Å². The van der Waals surface area contributed by atoms with Crippen LogP contribution in [0.15, 0.2) is 18.3 Å². The second-order valence-electron chi connectivity index (χ2n) is 7.66. The van der Waals surface area contributed by atoms with Crippen molar-refractivity contribution in [1.29, 1.82) is 5.26 Å². The molecule has 0 spiro atoms. The van der Waals surface area contributed by atoms with Crippen LogP contribution in [0.1, 0.15) is 38.3 Å². The molecule has 0 bridgehead atoms. The van der Waals surface area contributed by atoms with Crippen LogP contribution in [0.4, 0.5) is 16.4 Å². The first-order valence-corrected chi connectivity index (χ1v) is 9.19. The number of piperidine rings is 1. The third-order valence-electron chi connectivity index (χ3n) is 5.29. The van der Waals surface area contributed by atoms with Gasteiger partial charge in [-0.1, -0.05) is 0 Å². The Bertz CT molecular complexity index is 934. The van der Waals surface area contributed by atoms with Crippen LogP contribution in [0.5, 0.6) is 0 Å². The summed E-state index contributed by atoms with van der Waals surface area (Å²) in [5.74, 6) is 1.39. The molecule has 2 aromatic heterocycles. The lowest BCUT2D eigenvalue weighted by molar-refractivity contribution is 0.133. The SMILES string of the molecule is CC1(Nc2nc(C#N)cc3cnc(NC4CCCN(C(=O)O)C4)cc23)CC1. The van der Waals surface area contributed by atoms with Gasteiger partial charge in [0.2, 0.25) is 0 Å². The number of anilines is 2. The molecule has 2 aliphatic rings. The smallest absolute Gasteiger partial charge is 0.407 e. The summed E-state index contributed by atoms with van der Waals surface area (Å²) in [6.07, 6.45) is 4.74. The molecule has 2 aromatic rings. The number of likely N-dealkylation sites (tertiary alicyclic amines) is 1. The number of rotatable bonds is 4. The van der Waals surface area contributed by atoms with Gasteiger partial charge in [0, 0.05) is 41.6 Å². The highest BCUT2D eigenvalue weighted by Gasteiger charge is 2.38. The quantitative estimate of drug-likeness (QED) is 0.762. The molecule has 3 heterocycles. The first kappa shape index (κ1) is 17.3. The summed E-state index contributed by atoms with van der Waals surface area (Å²) in [6, 6.07) is 5.80. The lowest BCUT2D eigenvalue weighted by atomic mass is 10.1. The maximum absolute atomic E-state index is 11.2. The highest BCUT2D eigenvalue weighted by Crippen LogP contribution is 2.39. The summed E-state index contributed by atoms with van der Waals surface area (Å²) in [5.41, 5.74) is 0.400. The highest BCUT2D eigenvalue weighted by molar-refractivity contribution is 5.94. The van der Waals surface area contributed by atoms with Gasteiger partial charge in [-0.15, -0.1) is 0 Å². The number of pyridine rings is 2. The summed E-state index contributed by atoms with van der Waals surface area (Å²) in [5, 5.41) is 27.0. The van der Waals surface area contributed by atoms with Crippen molar-refractivity contribution >= 4 is 28.5 Å². The third-order valence-corrected chi connectivity index (χ3v) is 5.29. The number of hydrogen-bond acceptors (Lipinski definition) is 6. The predicted octanol–water partition coefficient (Wildman–Crippen LogP) is 3.02. The third kappa shape index (κ3) is 3.72. The summed E-state index contributed by atoms with van der Waals surface area (Å²) >= 11 is 0. The van der Waals surface area contributed by atoms with Crippen LogP contribution in [0.25, 0.3) is 10.8 Å². The number of nitrogens with zero attached hydrogens (tertiary/aromatic N) is 4. The van der Waals surface area contributed by atoms with E-state index in [9.17, 15) is 15.2 Å². The number of hydrogen-bond donors (Lipinski definition) is 3. The van der Waals surface area contributed by atoms with Gasteiger partial charge in [-0.05, 0) is 44.7 Å². The van der Waals surface area contributed by atoms with Crippen LogP contribution < -0.4 is 10.6 Å². The second-order valence-corrected chi connectivity index (χ2v) is 7.66. The number of amides is 1. The molecule has 1 unspecified atom stereocenters. The summed E-state index contributed by atoms with van der Waals surface area (Å²) in [4.78, 5) is 21.6. The normalized spacial score (nSPS) is 20.7. The summed E-state index contributed by atoms with van der Waals surface area (Å²) in [6.45, 7) is 3.17. The number of carbonyl (C=O) groups is 1. The maximum Gasteiger partial charge on any atom is 0.407 e. The van der Waals surface area contributed by atoms with Crippen molar-refractivity contribution in [3.05, 3.63) is 24.0 Å². The molecule has 1 aliphatic heterocycles. The van der Waals surface area contributed by atoms with Crippen LogP contribution in [0.3, 0.4) is 0 Å². The molecular formula is C19H22N6O2. The molecule has 4 rings (SSSR count). The zero-order valence-corrected chi connectivity index (χ0v) is 15.2. The molecule has 27 heavy (non-hydrogen) atoms. The molecule has 1 saturated heterocycles. The van der Waals surface area contributed by atoms with Gasteiger partial charge in [0.05, 0.1) is 0 Å². The van der Waals surface area contributed by atoms with Gasteiger partial charge in [0.1, 0.15) is 23.4 Å². The first-order valence-electron chi connectivity index (χ1n) is 9.19. The Kier molecular flexibility index (Phi) is 4.22. The molecule has 140 valence electrons. The highest BCUT2D eigenvalue weighted by atomic mass is 16.4. The standard InChI is InChI=1S/C19H22N6O2/c1-19(4-5-19)24-17-15-8-16(21-10-12(15)7-14(9-20)23-17)22-13-3-2-6-25(11-13)18(26)27/h7-8,10,13H,2-6,11H2,1H3,(H,21,22)(H,23,24)(H,26,27). The Balaban J connectivity index is 1.62. The van der Waals surface area contributed by atoms with Crippen molar-refractivity contribution in [1.82, 2.24) is 14.9 Å². The van der Waals surface area contributed by atoms with Crippen LogP contribution >= 0.6 is 0 Å². The molecule has 8 heteroatoms. The Morgan fingerprint density at radius 3 is 2.96 bits per heavy atom.